The van der Waals surface area contributed by atoms with Gasteiger partial charge in [0.15, 0.2) is 0 Å². The largest absolute Gasteiger partial charge is 0.467 e. The molecule has 1 saturated heterocycles. The lowest BCUT2D eigenvalue weighted by molar-refractivity contribution is -0.146. The predicted octanol–water partition coefficient (Wildman–Crippen LogP) is 1.35. The summed E-state index contributed by atoms with van der Waals surface area (Å²) >= 11 is 0. The van der Waals surface area contributed by atoms with Gasteiger partial charge in [-0.1, -0.05) is 30.3 Å². The summed E-state index contributed by atoms with van der Waals surface area (Å²) < 4.78 is 5.29. The van der Waals surface area contributed by atoms with E-state index in [-0.39, 0.29) is 18.4 Å². The van der Waals surface area contributed by atoms with Crippen molar-refractivity contribution >= 4 is 11.8 Å². The molecule has 0 saturated carbocycles. The number of amides is 2. The molecule has 5 nitrogen and oxygen atoms in total. The molecule has 1 aromatic carbocycles. The lowest BCUT2D eigenvalue weighted by atomic mass is 10.0. The van der Waals surface area contributed by atoms with Crippen LogP contribution < -0.4 is 5.32 Å². The van der Waals surface area contributed by atoms with E-state index in [1.165, 1.54) is 0 Å². The maximum atomic E-state index is 12.1. The van der Waals surface area contributed by atoms with Gasteiger partial charge in [-0.15, -0.1) is 0 Å². The topological polar surface area (TPSA) is 62.6 Å². The van der Waals surface area contributed by atoms with Crippen molar-refractivity contribution in [1.82, 2.24) is 10.2 Å². The number of carbonyl (C=O) groups excluding carboxylic acids is 2. The first kappa shape index (κ1) is 13.4. The molecule has 1 aromatic heterocycles. The molecule has 1 fully saturated rings. The molecular weight excluding hydrogens is 268 g/mol. The Kier molecular flexibility index (Phi) is 3.73. The molecule has 5 heteroatoms. The number of carbonyl (C=O) groups is 2. The maximum Gasteiger partial charge on any atom is 0.243 e. The number of furan rings is 1. The second-order valence-corrected chi connectivity index (χ2v) is 5.02. The molecule has 0 spiro atoms. The lowest BCUT2D eigenvalue weighted by Gasteiger charge is -2.34. The van der Waals surface area contributed by atoms with Gasteiger partial charge in [0.2, 0.25) is 11.8 Å². The SMILES string of the molecule is O=C1NCC(=O)N(Cc2ccco2)[C@H]1Cc1ccccc1. The van der Waals surface area contributed by atoms with Crippen LogP contribution in [0.5, 0.6) is 0 Å². The standard InChI is InChI=1S/C16H16N2O3/c19-15-10-17-16(20)14(9-12-5-2-1-3-6-12)18(15)11-13-7-4-8-21-13/h1-8,14H,9-11H2,(H,17,20)/t14-/m0/s1. The lowest BCUT2D eigenvalue weighted by Crippen LogP contribution is -2.58. The molecule has 0 bridgehead atoms. The van der Waals surface area contributed by atoms with Gasteiger partial charge >= 0.3 is 0 Å². The Balaban J connectivity index is 1.82. The summed E-state index contributed by atoms with van der Waals surface area (Å²) in [7, 11) is 0. The summed E-state index contributed by atoms with van der Waals surface area (Å²) in [5.41, 5.74) is 1.02. The highest BCUT2D eigenvalue weighted by Crippen LogP contribution is 2.16. The third-order valence-electron chi connectivity index (χ3n) is 3.59. The van der Waals surface area contributed by atoms with Crippen molar-refractivity contribution in [3.63, 3.8) is 0 Å². The van der Waals surface area contributed by atoms with Crippen molar-refractivity contribution in [1.29, 1.82) is 0 Å². The number of nitrogens with zero attached hydrogens (tertiary/aromatic N) is 1. The Hall–Kier alpha value is -2.56. The molecule has 0 radical (unpaired) electrons. The van der Waals surface area contributed by atoms with Crippen LogP contribution in [-0.2, 0) is 22.6 Å². The zero-order chi connectivity index (χ0) is 14.7. The maximum absolute atomic E-state index is 12.1. The quantitative estimate of drug-likeness (QED) is 0.922. The van der Waals surface area contributed by atoms with Crippen LogP contribution in [0.1, 0.15) is 11.3 Å². The third-order valence-corrected chi connectivity index (χ3v) is 3.59. The highest BCUT2D eigenvalue weighted by atomic mass is 16.3. The Morgan fingerprint density at radius 1 is 1.14 bits per heavy atom. The van der Waals surface area contributed by atoms with Crippen molar-refractivity contribution in [2.75, 3.05) is 6.54 Å². The van der Waals surface area contributed by atoms with Crippen molar-refractivity contribution < 1.29 is 14.0 Å². The van der Waals surface area contributed by atoms with Crippen LogP contribution in [0.15, 0.2) is 53.1 Å². The van der Waals surface area contributed by atoms with Crippen LogP contribution in [-0.4, -0.2) is 29.3 Å². The van der Waals surface area contributed by atoms with Gasteiger partial charge in [-0.2, -0.15) is 0 Å². The minimum absolute atomic E-state index is 0.0465. The van der Waals surface area contributed by atoms with Crippen molar-refractivity contribution in [2.24, 2.45) is 0 Å². The second-order valence-electron chi connectivity index (χ2n) is 5.02. The van der Waals surface area contributed by atoms with Crippen LogP contribution in [0.4, 0.5) is 0 Å². The van der Waals surface area contributed by atoms with Gasteiger partial charge in [0, 0.05) is 6.42 Å². The predicted molar refractivity (Wildman–Crippen MR) is 76.2 cm³/mol. The smallest absolute Gasteiger partial charge is 0.243 e. The van der Waals surface area contributed by atoms with E-state index >= 15 is 0 Å². The highest BCUT2D eigenvalue weighted by molar-refractivity contribution is 5.94. The molecule has 0 unspecified atom stereocenters. The van der Waals surface area contributed by atoms with Crippen LogP contribution in [0, 0.1) is 0 Å². The zero-order valence-corrected chi connectivity index (χ0v) is 11.5. The summed E-state index contributed by atoms with van der Waals surface area (Å²) in [5.74, 6) is 0.466. The molecule has 0 aliphatic carbocycles. The molecule has 1 aliphatic heterocycles. The third kappa shape index (κ3) is 2.97. The van der Waals surface area contributed by atoms with Gasteiger partial charge in [-0.25, -0.2) is 0 Å². The molecular formula is C16H16N2O3. The Morgan fingerprint density at radius 3 is 2.67 bits per heavy atom. The minimum atomic E-state index is -0.501. The average Bonchev–Trinajstić information content (AvgIpc) is 3.01. The van der Waals surface area contributed by atoms with Gasteiger partial charge in [0.1, 0.15) is 11.8 Å². The van der Waals surface area contributed by atoms with Crippen molar-refractivity contribution in [3.8, 4) is 0 Å². The van der Waals surface area contributed by atoms with Crippen LogP contribution in [0.25, 0.3) is 0 Å². The summed E-state index contributed by atoms with van der Waals surface area (Å²) in [4.78, 5) is 25.9. The number of hydrogen-bond donors (Lipinski definition) is 1. The van der Waals surface area contributed by atoms with Gasteiger partial charge in [0.05, 0.1) is 19.4 Å². The van der Waals surface area contributed by atoms with Crippen LogP contribution >= 0.6 is 0 Å². The molecule has 2 aromatic rings. The van der Waals surface area contributed by atoms with Crippen LogP contribution in [0.3, 0.4) is 0 Å². The fourth-order valence-corrected chi connectivity index (χ4v) is 2.51. The van der Waals surface area contributed by atoms with E-state index < -0.39 is 6.04 Å². The van der Waals surface area contributed by atoms with E-state index in [0.29, 0.717) is 18.7 Å². The molecule has 21 heavy (non-hydrogen) atoms. The minimum Gasteiger partial charge on any atom is -0.467 e. The normalized spacial score (nSPS) is 18.7. The Morgan fingerprint density at radius 2 is 1.95 bits per heavy atom. The Bertz CT molecular complexity index is 622. The zero-order valence-electron chi connectivity index (χ0n) is 11.5. The van der Waals surface area contributed by atoms with E-state index in [1.807, 2.05) is 30.3 Å². The summed E-state index contributed by atoms with van der Waals surface area (Å²) in [5, 5.41) is 2.65. The number of nitrogens with one attached hydrogen (secondary N) is 1. The molecule has 1 aliphatic rings. The number of piperazine rings is 1. The fraction of sp³-hybridized carbons (Fsp3) is 0.250. The average molecular weight is 284 g/mol. The first-order valence-corrected chi connectivity index (χ1v) is 6.87. The molecule has 1 atom stereocenters. The number of hydrogen-bond acceptors (Lipinski definition) is 3. The molecule has 1 N–H and O–H groups in total. The van der Waals surface area contributed by atoms with E-state index in [9.17, 15) is 9.59 Å². The van der Waals surface area contributed by atoms with Crippen molar-refractivity contribution in [2.45, 2.75) is 19.0 Å². The molecule has 2 heterocycles. The molecule has 2 amide bonds. The van der Waals surface area contributed by atoms with Gasteiger partial charge in [0.25, 0.3) is 0 Å². The monoisotopic (exact) mass is 284 g/mol. The summed E-state index contributed by atoms with van der Waals surface area (Å²) in [6.45, 7) is 0.363. The first-order chi connectivity index (χ1) is 10.2. The highest BCUT2D eigenvalue weighted by Gasteiger charge is 2.34. The van der Waals surface area contributed by atoms with Crippen LogP contribution in [0.2, 0.25) is 0 Å². The van der Waals surface area contributed by atoms with Gasteiger partial charge in [-0.3, -0.25) is 9.59 Å². The van der Waals surface area contributed by atoms with E-state index in [1.54, 1.807) is 23.3 Å². The number of rotatable bonds is 4. The molecule has 108 valence electrons. The van der Waals surface area contributed by atoms with Gasteiger partial charge < -0.3 is 14.6 Å². The summed E-state index contributed by atoms with van der Waals surface area (Å²) in [6.07, 6.45) is 2.06. The second kappa shape index (κ2) is 5.83. The Labute approximate surface area is 122 Å². The van der Waals surface area contributed by atoms with E-state index in [0.717, 1.165) is 5.56 Å². The fourth-order valence-electron chi connectivity index (χ4n) is 2.51. The number of benzene rings is 1. The van der Waals surface area contributed by atoms with Crippen molar-refractivity contribution in [3.05, 3.63) is 60.1 Å². The van der Waals surface area contributed by atoms with E-state index in [4.69, 9.17) is 4.42 Å². The summed E-state index contributed by atoms with van der Waals surface area (Å²) in [6, 6.07) is 12.8. The first-order valence-electron chi connectivity index (χ1n) is 6.87. The molecule has 3 rings (SSSR count). The van der Waals surface area contributed by atoms with Gasteiger partial charge in [-0.05, 0) is 17.7 Å². The van der Waals surface area contributed by atoms with E-state index in [2.05, 4.69) is 5.32 Å².